The highest BCUT2D eigenvalue weighted by atomic mass is 16.2. The summed E-state index contributed by atoms with van der Waals surface area (Å²) in [6.45, 7) is 5.07. The fraction of sp³-hybridized carbons (Fsp3) is 0.545. The maximum Gasteiger partial charge on any atom is 0.271 e. The lowest BCUT2D eigenvalue weighted by Crippen LogP contribution is -2.65. The number of para-hydroxylation sites is 1. The van der Waals surface area contributed by atoms with Crippen LogP contribution in [0.2, 0.25) is 0 Å². The largest absolute Gasteiger partial charge is 0.351 e. The summed E-state index contributed by atoms with van der Waals surface area (Å²) in [7, 11) is 0. The summed E-state index contributed by atoms with van der Waals surface area (Å²) in [6, 6.07) is 10.2. The van der Waals surface area contributed by atoms with Crippen molar-refractivity contribution in [2.75, 3.05) is 6.54 Å². The molecule has 2 aromatic rings. The summed E-state index contributed by atoms with van der Waals surface area (Å²) in [4.78, 5) is 28.5. The zero-order valence-corrected chi connectivity index (χ0v) is 16.3. The monoisotopic (exact) mass is 367 g/mol. The van der Waals surface area contributed by atoms with Gasteiger partial charge >= 0.3 is 0 Å². The molecular weight excluding hydrogens is 338 g/mol. The van der Waals surface area contributed by atoms with Crippen molar-refractivity contribution in [2.45, 2.75) is 70.5 Å². The molecule has 5 heteroatoms. The van der Waals surface area contributed by atoms with Crippen LogP contribution < -0.4 is 5.32 Å². The van der Waals surface area contributed by atoms with Gasteiger partial charge in [0.25, 0.3) is 5.91 Å². The van der Waals surface area contributed by atoms with Crippen molar-refractivity contribution < 1.29 is 9.59 Å². The number of benzene rings is 1. The number of hydrogen-bond donors (Lipinski definition) is 1. The minimum absolute atomic E-state index is 0.0142. The summed E-state index contributed by atoms with van der Waals surface area (Å²) in [6.07, 6.45) is 6.51. The van der Waals surface area contributed by atoms with Crippen molar-refractivity contribution in [1.29, 1.82) is 0 Å². The fourth-order valence-electron chi connectivity index (χ4n) is 4.67. The van der Waals surface area contributed by atoms with Crippen LogP contribution in [-0.4, -0.2) is 39.4 Å². The van der Waals surface area contributed by atoms with Crippen LogP contribution in [0.4, 0.5) is 0 Å². The first kappa shape index (κ1) is 18.1. The van der Waals surface area contributed by atoms with Crippen molar-refractivity contribution in [3.63, 3.8) is 0 Å². The zero-order chi connectivity index (χ0) is 19.0. The number of nitrogens with zero attached hydrogens (tertiary/aromatic N) is 2. The second-order valence-electron chi connectivity index (χ2n) is 8.21. The van der Waals surface area contributed by atoms with E-state index in [0.29, 0.717) is 18.8 Å². The Morgan fingerprint density at radius 2 is 1.96 bits per heavy atom. The third-order valence-corrected chi connectivity index (χ3v) is 6.21. The molecule has 5 nitrogen and oxygen atoms in total. The molecule has 2 amide bonds. The van der Waals surface area contributed by atoms with E-state index >= 15 is 0 Å². The standard InChI is InChI=1S/C22H29N3O2/c1-3-13-25-20(26)19-14-16-9-7-8-12-18(16)24(19)15-22(25,2)21(27)23-17-10-5-4-6-11-17/h7-9,12,14,17H,3-6,10-11,13,15H2,1-2H3,(H,23,27)/t22-/m0/s1. The molecule has 0 spiro atoms. The highest BCUT2D eigenvalue weighted by Gasteiger charge is 2.47. The molecule has 0 saturated heterocycles. The molecule has 4 rings (SSSR count). The van der Waals surface area contributed by atoms with E-state index in [1.165, 1.54) is 19.3 Å². The van der Waals surface area contributed by atoms with E-state index in [9.17, 15) is 9.59 Å². The van der Waals surface area contributed by atoms with Gasteiger partial charge in [0, 0.05) is 23.5 Å². The lowest BCUT2D eigenvalue weighted by atomic mass is 9.91. The molecule has 1 aromatic heterocycles. The van der Waals surface area contributed by atoms with Crippen molar-refractivity contribution in [2.24, 2.45) is 0 Å². The van der Waals surface area contributed by atoms with E-state index in [1.54, 1.807) is 4.90 Å². The molecule has 27 heavy (non-hydrogen) atoms. The summed E-state index contributed by atoms with van der Waals surface area (Å²) >= 11 is 0. The van der Waals surface area contributed by atoms with Gasteiger partial charge in [0.2, 0.25) is 5.91 Å². The maximum absolute atomic E-state index is 13.4. The predicted molar refractivity (Wildman–Crippen MR) is 107 cm³/mol. The minimum Gasteiger partial charge on any atom is -0.351 e. The van der Waals surface area contributed by atoms with Crippen LogP contribution in [0.25, 0.3) is 10.9 Å². The van der Waals surface area contributed by atoms with Crippen molar-refractivity contribution in [1.82, 2.24) is 14.8 Å². The van der Waals surface area contributed by atoms with Gasteiger partial charge in [0.05, 0.1) is 6.54 Å². The molecule has 1 aliphatic heterocycles. The van der Waals surface area contributed by atoms with Gasteiger partial charge in [0.1, 0.15) is 11.2 Å². The molecule has 144 valence electrons. The molecule has 1 aromatic carbocycles. The molecule has 1 N–H and O–H groups in total. The van der Waals surface area contributed by atoms with Gasteiger partial charge in [-0.25, -0.2) is 0 Å². The molecule has 2 aliphatic rings. The van der Waals surface area contributed by atoms with E-state index < -0.39 is 5.54 Å². The van der Waals surface area contributed by atoms with Gasteiger partial charge in [-0.15, -0.1) is 0 Å². The third kappa shape index (κ3) is 3.03. The summed E-state index contributed by atoms with van der Waals surface area (Å²) in [5.74, 6) is -0.0553. The average Bonchev–Trinajstić information content (AvgIpc) is 3.04. The van der Waals surface area contributed by atoms with Gasteiger partial charge in [-0.05, 0) is 38.3 Å². The minimum atomic E-state index is -0.862. The number of carbonyl (C=O) groups is 2. The van der Waals surface area contributed by atoms with E-state index in [4.69, 9.17) is 0 Å². The molecule has 1 aliphatic carbocycles. The van der Waals surface area contributed by atoms with Gasteiger partial charge < -0.3 is 14.8 Å². The van der Waals surface area contributed by atoms with Gasteiger partial charge in [-0.1, -0.05) is 44.4 Å². The van der Waals surface area contributed by atoms with E-state index in [1.807, 2.05) is 41.8 Å². The predicted octanol–water partition coefficient (Wildman–Crippen LogP) is 3.71. The van der Waals surface area contributed by atoms with E-state index in [0.717, 1.165) is 30.2 Å². The molecule has 1 atom stereocenters. The van der Waals surface area contributed by atoms with E-state index in [2.05, 4.69) is 12.2 Å². The van der Waals surface area contributed by atoms with Crippen molar-refractivity contribution in [3.8, 4) is 0 Å². The number of amides is 2. The van der Waals surface area contributed by atoms with Crippen LogP contribution in [0, 0.1) is 0 Å². The summed E-state index contributed by atoms with van der Waals surface area (Å²) in [5, 5.41) is 4.31. The number of carbonyl (C=O) groups excluding carboxylic acids is 2. The highest BCUT2D eigenvalue weighted by molar-refractivity contribution is 6.03. The van der Waals surface area contributed by atoms with Crippen LogP contribution in [0.15, 0.2) is 30.3 Å². The molecular formula is C22H29N3O2. The fourth-order valence-corrected chi connectivity index (χ4v) is 4.67. The molecule has 0 bridgehead atoms. The Labute approximate surface area is 160 Å². The first-order valence-electron chi connectivity index (χ1n) is 10.3. The topological polar surface area (TPSA) is 54.3 Å². The number of hydrogen-bond acceptors (Lipinski definition) is 2. The van der Waals surface area contributed by atoms with Crippen LogP contribution in [0.3, 0.4) is 0 Å². The molecule has 0 radical (unpaired) electrons. The quantitative estimate of drug-likeness (QED) is 0.895. The number of fused-ring (bicyclic) bond motifs is 3. The number of aromatic nitrogens is 1. The van der Waals surface area contributed by atoms with E-state index in [-0.39, 0.29) is 17.9 Å². The Kier molecular flexibility index (Phi) is 4.70. The Morgan fingerprint density at radius 3 is 2.70 bits per heavy atom. The molecule has 1 fully saturated rings. The van der Waals surface area contributed by atoms with Gasteiger partial charge in [-0.3, -0.25) is 9.59 Å². The third-order valence-electron chi connectivity index (χ3n) is 6.21. The lowest BCUT2D eigenvalue weighted by molar-refractivity contribution is -0.133. The molecule has 0 unspecified atom stereocenters. The Balaban J connectivity index is 1.71. The Morgan fingerprint density at radius 1 is 1.22 bits per heavy atom. The second kappa shape index (κ2) is 7.02. The van der Waals surface area contributed by atoms with Gasteiger partial charge in [-0.2, -0.15) is 0 Å². The Bertz CT molecular complexity index is 866. The van der Waals surface area contributed by atoms with Crippen LogP contribution in [0.5, 0.6) is 0 Å². The second-order valence-corrected chi connectivity index (χ2v) is 8.21. The average molecular weight is 367 g/mol. The van der Waals surface area contributed by atoms with Crippen LogP contribution in [-0.2, 0) is 11.3 Å². The Hall–Kier alpha value is -2.30. The summed E-state index contributed by atoms with van der Waals surface area (Å²) in [5.41, 5.74) is 0.848. The van der Waals surface area contributed by atoms with Crippen molar-refractivity contribution in [3.05, 3.63) is 36.0 Å². The zero-order valence-electron chi connectivity index (χ0n) is 16.3. The highest BCUT2D eigenvalue weighted by Crippen LogP contribution is 2.33. The smallest absolute Gasteiger partial charge is 0.271 e. The van der Waals surface area contributed by atoms with Gasteiger partial charge in [0.15, 0.2) is 0 Å². The first-order valence-corrected chi connectivity index (χ1v) is 10.3. The molecule has 2 heterocycles. The van der Waals surface area contributed by atoms with Crippen LogP contribution >= 0.6 is 0 Å². The SMILES string of the molecule is CCCN1C(=O)c2cc3ccccc3n2C[C@@]1(C)C(=O)NC1CCCCC1. The van der Waals surface area contributed by atoms with Crippen LogP contribution in [0.1, 0.15) is 62.9 Å². The lowest BCUT2D eigenvalue weighted by Gasteiger charge is -2.44. The number of nitrogens with one attached hydrogen (secondary N) is 1. The first-order chi connectivity index (χ1) is 13.0. The van der Waals surface area contributed by atoms with Crippen molar-refractivity contribution >= 4 is 22.7 Å². The number of rotatable bonds is 4. The summed E-state index contributed by atoms with van der Waals surface area (Å²) < 4.78 is 2.03. The molecule has 1 saturated carbocycles. The normalized spacial score (nSPS) is 23.5. The maximum atomic E-state index is 13.4.